The second-order valence-corrected chi connectivity index (χ2v) is 5.78. The number of piperazine rings is 1. The van der Waals surface area contributed by atoms with Gasteiger partial charge >= 0.3 is 0 Å². The first-order valence-corrected chi connectivity index (χ1v) is 7.23. The molecule has 6 nitrogen and oxygen atoms in total. The molecule has 6 heteroatoms. The van der Waals surface area contributed by atoms with E-state index >= 15 is 0 Å². The largest absolute Gasteiger partial charge is 0.453 e. The van der Waals surface area contributed by atoms with E-state index in [0.29, 0.717) is 31.3 Å². The third-order valence-electron chi connectivity index (χ3n) is 3.62. The van der Waals surface area contributed by atoms with E-state index in [-0.39, 0.29) is 24.2 Å². The van der Waals surface area contributed by atoms with Crippen molar-refractivity contribution in [2.75, 3.05) is 19.6 Å². The number of nitrogens with zero attached hydrogens (tertiary/aromatic N) is 2. The van der Waals surface area contributed by atoms with Crippen LogP contribution in [0, 0.1) is 5.92 Å². The fraction of sp³-hybridized carbons (Fsp3) is 0.600. The molecule has 21 heavy (non-hydrogen) atoms. The van der Waals surface area contributed by atoms with Gasteiger partial charge in [-0.3, -0.25) is 9.59 Å². The summed E-state index contributed by atoms with van der Waals surface area (Å²) in [5.74, 6) is 0.573. The summed E-state index contributed by atoms with van der Waals surface area (Å²) < 4.78 is 5.26. The predicted molar refractivity (Wildman–Crippen MR) is 76.5 cm³/mol. The van der Waals surface area contributed by atoms with Crippen LogP contribution in [-0.2, 0) is 11.4 Å². The van der Waals surface area contributed by atoms with Crippen molar-refractivity contribution in [3.63, 3.8) is 0 Å². The van der Waals surface area contributed by atoms with Gasteiger partial charge in [0.15, 0.2) is 5.76 Å². The molecule has 1 aromatic rings. The second-order valence-electron chi connectivity index (χ2n) is 5.78. The van der Waals surface area contributed by atoms with Gasteiger partial charge in [-0.05, 0) is 25.0 Å². The molecule has 2 heterocycles. The molecule has 0 radical (unpaired) electrons. The minimum atomic E-state index is -0.493. The van der Waals surface area contributed by atoms with Crippen molar-refractivity contribution in [3.05, 3.63) is 23.7 Å². The zero-order valence-electron chi connectivity index (χ0n) is 12.7. The van der Waals surface area contributed by atoms with E-state index in [1.807, 2.05) is 0 Å². The highest BCUT2D eigenvalue weighted by molar-refractivity contribution is 5.96. The van der Waals surface area contributed by atoms with Crippen LogP contribution in [0.1, 0.15) is 37.1 Å². The van der Waals surface area contributed by atoms with E-state index in [2.05, 4.69) is 13.8 Å². The zero-order chi connectivity index (χ0) is 15.6. The molecule has 1 aromatic heterocycles. The first-order valence-electron chi connectivity index (χ1n) is 7.23. The molecule has 0 spiro atoms. The summed E-state index contributed by atoms with van der Waals surface area (Å²) in [4.78, 5) is 28.1. The average molecular weight is 294 g/mol. The number of furan rings is 1. The summed E-state index contributed by atoms with van der Waals surface area (Å²) in [6.45, 7) is 7.37. The van der Waals surface area contributed by atoms with E-state index < -0.39 is 6.04 Å². The first-order chi connectivity index (χ1) is 9.93. The molecule has 0 aromatic carbocycles. The van der Waals surface area contributed by atoms with E-state index in [1.54, 1.807) is 17.9 Å². The second kappa shape index (κ2) is 6.30. The standard InChI is InChI=1S/C15H22N2O4/c1-10(2)8-16-6-7-17(11(3)14(16)19)15(20)13-5-4-12(9-18)21-13/h4-5,10-11,18H,6-9H2,1-3H3/t11-/m1/s1. The van der Waals surface area contributed by atoms with Gasteiger partial charge < -0.3 is 19.3 Å². The minimum absolute atomic E-state index is 0.0303. The van der Waals surface area contributed by atoms with Crippen molar-refractivity contribution < 1.29 is 19.1 Å². The zero-order valence-corrected chi connectivity index (χ0v) is 12.7. The summed E-state index contributed by atoms with van der Waals surface area (Å²) in [5, 5.41) is 8.98. The molecule has 1 N–H and O–H groups in total. The van der Waals surface area contributed by atoms with Gasteiger partial charge in [-0.2, -0.15) is 0 Å². The van der Waals surface area contributed by atoms with E-state index in [0.717, 1.165) is 0 Å². The Morgan fingerprint density at radius 2 is 2.14 bits per heavy atom. The van der Waals surface area contributed by atoms with Gasteiger partial charge in [0.05, 0.1) is 0 Å². The number of rotatable bonds is 4. The lowest BCUT2D eigenvalue weighted by molar-refractivity contribution is -0.140. The third-order valence-corrected chi connectivity index (χ3v) is 3.62. The fourth-order valence-corrected chi connectivity index (χ4v) is 2.55. The van der Waals surface area contributed by atoms with Gasteiger partial charge in [0, 0.05) is 19.6 Å². The summed E-state index contributed by atoms with van der Waals surface area (Å²) in [6.07, 6.45) is 0. The molecule has 1 fully saturated rings. The van der Waals surface area contributed by atoms with Crippen LogP contribution >= 0.6 is 0 Å². The van der Waals surface area contributed by atoms with Gasteiger partial charge in [-0.15, -0.1) is 0 Å². The van der Waals surface area contributed by atoms with Crippen molar-refractivity contribution in [2.45, 2.75) is 33.4 Å². The number of hydrogen-bond acceptors (Lipinski definition) is 4. The quantitative estimate of drug-likeness (QED) is 0.902. The van der Waals surface area contributed by atoms with Crippen LogP contribution < -0.4 is 0 Å². The highest BCUT2D eigenvalue weighted by atomic mass is 16.4. The van der Waals surface area contributed by atoms with Gasteiger partial charge in [0.2, 0.25) is 5.91 Å². The SMILES string of the molecule is CC(C)CN1CCN(C(=O)c2ccc(CO)o2)[C@H](C)C1=O. The molecule has 0 aliphatic carbocycles. The molecule has 116 valence electrons. The number of hydrogen-bond donors (Lipinski definition) is 1. The van der Waals surface area contributed by atoms with Crippen LogP contribution in [0.3, 0.4) is 0 Å². The minimum Gasteiger partial charge on any atom is -0.453 e. The van der Waals surface area contributed by atoms with E-state index in [4.69, 9.17) is 9.52 Å². The van der Waals surface area contributed by atoms with Gasteiger partial charge in [0.25, 0.3) is 5.91 Å². The van der Waals surface area contributed by atoms with Crippen LogP contribution in [0.15, 0.2) is 16.5 Å². The molecule has 0 bridgehead atoms. The molecule has 0 saturated carbocycles. The van der Waals surface area contributed by atoms with Crippen molar-refractivity contribution in [1.29, 1.82) is 0 Å². The monoisotopic (exact) mass is 294 g/mol. The maximum absolute atomic E-state index is 12.4. The van der Waals surface area contributed by atoms with Crippen molar-refractivity contribution in [1.82, 2.24) is 9.80 Å². The lowest BCUT2D eigenvalue weighted by Gasteiger charge is -2.39. The third kappa shape index (κ3) is 3.26. The normalized spacial score (nSPS) is 19.5. The summed E-state index contributed by atoms with van der Waals surface area (Å²) in [6, 6.07) is 2.60. The Morgan fingerprint density at radius 3 is 2.71 bits per heavy atom. The van der Waals surface area contributed by atoms with Crippen molar-refractivity contribution in [3.8, 4) is 0 Å². The van der Waals surface area contributed by atoms with E-state index in [9.17, 15) is 9.59 Å². The molecule has 1 aliphatic heterocycles. The fourth-order valence-electron chi connectivity index (χ4n) is 2.55. The maximum Gasteiger partial charge on any atom is 0.290 e. The van der Waals surface area contributed by atoms with E-state index in [1.165, 1.54) is 11.0 Å². The van der Waals surface area contributed by atoms with Gasteiger partial charge in [-0.1, -0.05) is 13.8 Å². The Hall–Kier alpha value is -1.82. The molecule has 1 atom stereocenters. The average Bonchev–Trinajstić information content (AvgIpc) is 2.92. The number of carbonyl (C=O) groups is 2. The Kier molecular flexibility index (Phi) is 4.67. The Labute approximate surface area is 124 Å². The molecule has 1 aliphatic rings. The van der Waals surface area contributed by atoms with Crippen molar-refractivity contribution in [2.24, 2.45) is 5.92 Å². The summed E-state index contributed by atoms with van der Waals surface area (Å²) in [5.41, 5.74) is 0. The Bertz CT molecular complexity index is 523. The molecule has 2 rings (SSSR count). The van der Waals surface area contributed by atoms with Gasteiger partial charge in [-0.25, -0.2) is 0 Å². The molecule has 2 amide bonds. The maximum atomic E-state index is 12.4. The van der Waals surface area contributed by atoms with Gasteiger partial charge in [0.1, 0.15) is 18.4 Å². The van der Waals surface area contributed by atoms with Crippen molar-refractivity contribution >= 4 is 11.8 Å². The number of aliphatic hydroxyl groups excluding tert-OH is 1. The topological polar surface area (TPSA) is 74.0 Å². The lowest BCUT2D eigenvalue weighted by atomic mass is 10.1. The van der Waals surface area contributed by atoms with Crippen LogP contribution in [0.2, 0.25) is 0 Å². The molecule has 1 saturated heterocycles. The Morgan fingerprint density at radius 1 is 1.43 bits per heavy atom. The summed E-state index contributed by atoms with van der Waals surface area (Å²) in [7, 11) is 0. The number of carbonyl (C=O) groups excluding carboxylic acids is 2. The predicted octanol–water partition coefficient (Wildman–Crippen LogP) is 1.10. The molecule has 0 unspecified atom stereocenters. The lowest BCUT2D eigenvalue weighted by Crippen LogP contribution is -2.58. The Balaban J connectivity index is 2.08. The van der Waals surface area contributed by atoms with Crippen LogP contribution in [0.4, 0.5) is 0 Å². The number of amides is 2. The van der Waals surface area contributed by atoms with Crippen LogP contribution in [0.25, 0.3) is 0 Å². The molecular formula is C15H22N2O4. The smallest absolute Gasteiger partial charge is 0.290 e. The highest BCUT2D eigenvalue weighted by Gasteiger charge is 2.35. The van der Waals surface area contributed by atoms with Crippen LogP contribution in [0.5, 0.6) is 0 Å². The number of aliphatic hydroxyl groups is 1. The van der Waals surface area contributed by atoms with Crippen LogP contribution in [-0.4, -0.2) is 52.4 Å². The highest BCUT2D eigenvalue weighted by Crippen LogP contribution is 2.18. The first kappa shape index (κ1) is 15.6. The summed E-state index contributed by atoms with van der Waals surface area (Å²) >= 11 is 0. The molecular weight excluding hydrogens is 272 g/mol.